The highest BCUT2D eigenvalue weighted by molar-refractivity contribution is 6.28. The molecule has 33 heavy (non-hydrogen) atoms. The zero-order chi connectivity index (χ0) is 23.8. The lowest BCUT2D eigenvalue weighted by Gasteiger charge is -2.29. The van der Waals surface area contributed by atoms with Crippen LogP contribution in [0.1, 0.15) is 11.8 Å². The first-order valence-electron chi connectivity index (χ1n) is 10.0. The number of imidazole rings is 1. The van der Waals surface area contributed by atoms with Crippen molar-refractivity contribution in [3.05, 3.63) is 47.5 Å². The van der Waals surface area contributed by atoms with Crippen molar-refractivity contribution in [2.75, 3.05) is 18.9 Å². The zero-order valence-corrected chi connectivity index (χ0v) is 18.0. The van der Waals surface area contributed by atoms with Crippen molar-refractivity contribution in [2.45, 2.75) is 36.5 Å². The van der Waals surface area contributed by atoms with Gasteiger partial charge in [0.15, 0.2) is 23.3 Å². The first kappa shape index (κ1) is 23.3. The lowest BCUT2D eigenvalue weighted by atomic mass is 9.95. The number of fused-ring (bicyclic) bond motifs is 1. The van der Waals surface area contributed by atoms with Gasteiger partial charge >= 0.3 is 5.97 Å². The average molecular weight is 479 g/mol. The van der Waals surface area contributed by atoms with E-state index >= 15 is 0 Å². The fourth-order valence-electron chi connectivity index (χ4n) is 3.76. The summed E-state index contributed by atoms with van der Waals surface area (Å²) in [5, 5.41) is 30.3. The van der Waals surface area contributed by atoms with Gasteiger partial charge in [0.2, 0.25) is 5.28 Å². The second-order valence-electron chi connectivity index (χ2n) is 7.77. The number of aliphatic carboxylic acids is 1. The Morgan fingerprint density at radius 1 is 1.30 bits per heavy atom. The highest BCUT2D eigenvalue weighted by Crippen LogP contribution is 2.32. The number of aliphatic hydroxyl groups is 2. The maximum Gasteiger partial charge on any atom is 0.338 e. The Balaban J connectivity index is 1.54. The van der Waals surface area contributed by atoms with Gasteiger partial charge in [-0.05, 0) is 17.2 Å². The van der Waals surface area contributed by atoms with Gasteiger partial charge in [0.1, 0.15) is 17.7 Å². The lowest BCUT2D eigenvalue weighted by molar-refractivity contribution is -0.178. The van der Waals surface area contributed by atoms with Crippen molar-refractivity contribution in [1.82, 2.24) is 19.5 Å². The van der Waals surface area contributed by atoms with Crippen LogP contribution in [0.5, 0.6) is 0 Å². The van der Waals surface area contributed by atoms with Crippen molar-refractivity contribution >= 4 is 34.6 Å². The molecule has 3 heterocycles. The minimum Gasteiger partial charge on any atom is -0.479 e. The van der Waals surface area contributed by atoms with E-state index in [4.69, 9.17) is 32.5 Å². The number of benzene rings is 1. The normalized spacial score (nSPS) is 24.7. The van der Waals surface area contributed by atoms with Crippen molar-refractivity contribution in [1.29, 1.82) is 0 Å². The van der Waals surface area contributed by atoms with Gasteiger partial charge in [0.25, 0.3) is 0 Å². The fraction of sp³-hybridized carbons (Fsp3) is 0.400. The summed E-state index contributed by atoms with van der Waals surface area (Å²) in [6.07, 6.45) is -1.81. The number of hydrogen-bond donors (Lipinski definition) is 5. The van der Waals surface area contributed by atoms with Crippen molar-refractivity contribution in [3.8, 4) is 0 Å². The second kappa shape index (κ2) is 9.17. The van der Waals surface area contributed by atoms with Crippen LogP contribution in [0.15, 0.2) is 36.7 Å². The number of carboxylic acid groups (broad SMARTS) is 1. The van der Waals surface area contributed by atoms with Crippen molar-refractivity contribution < 1.29 is 29.6 Å². The third-order valence-electron chi connectivity index (χ3n) is 5.63. The van der Waals surface area contributed by atoms with Crippen LogP contribution < -0.4 is 11.5 Å². The number of carbonyl (C=O) groups is 1. The molecule has 12 nitrogen and oxygen atoms in total. The predicted molar refractivity (Wildman–Crippen MR) is 116 cm³/mol. The Bertz CT molecular complexity index is 1150. The molecule has 3 aromatic rings. The van der Waals surface area contributed by atoms with Gasteiger partial charge in [-0.2, -0.15) is 9.97 Å². The van der Waals surface area contributed by atoms with E-state index in [1.807, 2.05) is 0 Å². The SMILES string of the molecule is Nc1nc(Cl)nc2c1ncn2[C@@H]1O[C@H](COC(CO)(Cc2ccccc2)C(=O)O)[C@@H](N)[C@H]1O. The molecule has 4 rings (SSSR count). The van der Waals surface area contributed by atoms with Crippen LogP contribution in [0.4, 0.5) is 5.82 Å². The van der Waals surface area contributed by atoms with Crippen molar-refractivity contribution in [2.24, 2.45) is 5.73 Å². The number of aliphatic hydroxyl groups excluding tert-OH is 2. The average Bonchev–Trinajstić information content (AvgIpc) is 3.33. The van der Waals surface area contributed by atoms with Gasteiger partial charge in [-0.1, -0.05) is 30.3 Å². The van der Waals surface area contributed by atoms with E-state index in [2.05, 4.69) is 15.0 Å². The van der Waals surface area contributed by atoms with Crippen LogP contribution in [0.25, 0.3) is 11.2 Å². The Labute approximate surface area is 192 Å². The van der Waals surface area contributed by atoms with Crippen molar-refractivity contribution in [3.63, 3.8) is 0 Å². The van der Waals surface area contributed by atoms with Gasteiger partial charge in [-0.15, -0.1) is 0 Å². The molecule has 1 aliphatic rings. The molecule has 1 aliphatic heterocycles. The molecule has 1 saturated heterocycles. The molecule has 0 spiro atoms. The maximum absolute atomic E-state index is 12.0. The molecule has 0 bridgehead atoms. The molecule has 1 aromatic carbocycles. The number of aromatic nitrogens is 4. The number of rotatable bonds is 8. The highest BCUT2D eigenvalue weighted by atomic mass is 35.5. The maximum atomic E-state index is 12.0. The zero-order valence-electron chi connectivity index (χ0n) is 17.3. The summed E-state index contributed by atoms with van der Waals surface area (Å²) in [6, 6.07) is 7.85. The summed E-state index contributed by atoms with van der Waals surface area (Å²) in [5.41, 5.74) is 11.2. The molecule has 1 fully saturated rings. The molecular formula is C20H23ClN6O6. The van der Waals surface area contributed by atoms with Crippen LogP contribution >= 0.6 is 11.6 Å². The number of halogens is 1. The van der Waals surface area contributed by atoms with Crippen LogP contribution in [-0.4, -0.2) is 77.9 Å². The second-order valence-corrected chi connectivity index (χ2v) is 8.10. The predicted octanol–water partition coefficient (Wildman–Crippen LogP) is -0.277. The smallest absolute Gasteiger partial charge is 0.338 e. The summed E-state index contributed by atoms with van der Waals surface area (Å²) in [4.78, 5) is 24.1. The first-order chi connectivity index (χ1) is 15.8. The summed E-state index contributed by atoms with van der Waals surface area (Å²) < 4.78 is 13.0. The van der Waals surface area contributed by atoms with Crippen LogP contribution in [0, 0.1) is 0 Å². The monoisotopic (exact) mass is 478 g/mol. The van der Waals surface area contributed by atoms with E-state index < -0.39 is 42.7 Å². The number of nitrogens with two attached hydrogens (primary N) is 2. The molecule has 13 heteroatoms. The number of ether oxygens (including phenoxy) is 2. The Morgan fingerprint density at radius 2 is 2.03 bits per heavy atom. The molecule has 0 saturated carbocycles. The molecule has 0 aliphatic carbocycles. The number of hydrogen-bond acceptors (Lipinski definition) is 10. The van der Waals surface area contributed by atoms with Gasteiger partial charge in [-0.25, -0.2) is 9.78 Å². The molecular weight excluding hydrogens is 456 g/mol. The van der Waals surface area contributed by atoms with Crippen LogP contribution in [-0.2, 0) is 20.7 Å². The van der Waals surface area contributed by atoms with E-state index in [9.17, 15) is 20.1 Å². The summed E-state index contributed by atoms with van der Waals surface area (Å²) in [6.45, 7) is -1.06. The summed E-state index contributed by atoms with van der Waals surface area (Å²) in [5.74, 6) is -1.27. The van der Waals surface area contributed by atoms with E-state index in [1.165, 1.54) is 10.9 Å². The van der Waals surface area contributed by atoms with Gasteiger partial charge in [0, 0.05) is 6.42 Å². The van der Waals surface area contributed by atoms with E-state index in [-0.39, 0.29) is 35.3 Å². The summed E-state index contributed by atoms with van der Waals surface area (Å²) in [7, 11) is 0. The van der Waals surface area contributed by atoms with Crippen LogP contribution in [0.2, 0.25) is 5.28 Å². The van der Waals surface area contributed by atoms with E-state index in [1.54, 1.807) is 30.3 Å². The Kier molecular flexibility index (Phi) is 6.47. The quantitative estimate of drug-likeness (QED) is 0.267. The minimum absolute atomic E-state index is 0.0653. The molecule has 1 unspecified atom stereocenters. The highest BCUT2D eigenvalue weighted by Gasteiger charge is 2.46. The van der Waals surface area contributed by atoms with Gasteiger partial charge in [-0.3, -0.25) is 4.57 Å². The third-order valence-corrected chi connectivity index (χ3v) is 5.80. The molecule has 176 valence electrons. The number of anilines is 1. The number of carboxylic acids is 1. The largest absolute Gasteiger partial charge is 0.479 e. The molecule has 0 radical (unpaired) electrons. The molecule has 0 amide bonds. The first-order valence-corrected chi connectivity index (χ1v) is 10.4. The number of nitrogen functional groups attached to an aromatic ring is 1. The van der Waals surface area contributed by atoms with E-state index in [0.717, 1.165) is 0 Å². The standard InChI is InChI=1S/C20H23ClN6O6/c21-19-25-15(23)13-16(26-19)27(9-24-13)17-14(29)12(22)11(33-17)7-32-20(8-28,18(30)31)6-10-4-2-1-3-5-10/h1-5,9,11-12,14,17,28-29H,6-8,22H2,(H,30,31)(H2,23,25,26)/t11-,12-,14-,17-,20?/m1/s1. The topological polar surface area (TPSA) is 192 Å². The Hall–Kier alpha value is -2.87. The van der Waals surface area contributed by atoms with E-state index in [0.29, 0.717) is 5.56 Å². The molecule has 5 atom stereocenters. The third kappa shape index (κ3) is 4.36. The minimum atomic E-state index is -1.91. The van der Waals surface area contributed by atoms with Gasteiger partial charge in [0.05, 0.1) is 25.6 Å². The Morgan fingerprint density at radius 3 is 2.70 bits per heavy atom. The van der Waals surface area contributed by atoms with Gasteiger partial charge < -0.3 is 36.3 Å². The molecule has 2 aromatic heterocycles. The summed E-state index contributed by atoms with van der Waals surface area (Å²) >= 11 is 5.89. The lowest BCUT2D eigenvalue weighted by Crippen LogP contribution is -2.50. The fourth-order valence-corrected chi connectivity index (χ4v) is 3.93. The number of nitrogens with zero attached hydrogens (tertiary/aromatic N) is 4. The van der Waals surface area contributed by atoms with Crippen LogP contribution in [0.3, 0.4) is 0 Å². The molecule has 7 N–H and O–H groups in total.